The molecule has 1 aliphatic rings. The highest BCUT2D eigenvalue weighted by atomic mass is 32.1. The van der Waals surface area contributed by atoms with Crippen molar-refractivity contribution in [2.45, 2.75) is 51.6 Å². The summed E-state index contributed by atoms with van der Waals surface area (Å²) in [5.74, 6) is 0.490. The van der Waals surface area contributed by atoms with Crippen molar-refractivity contribution in [3.05, 3.63) is 32.2 Å². The molecule has 0 amide bonds. The topological polar surface area (TPSA) is 37.8 Å². The molecule has 1 atom stereocenters. The Balaban J connectivity index is 1.88. The van der Waals surface area contributed by atoms with Gasteiger partial charge < -0.3 is 5.32 Å². The molecule has 1 unspecified atom stereocenters. The number of aromatic nitrogens is 2. The van der Waals surface area contributed by atoms with Gasteiger partial charge in [0.25, 0.3) is 0 Å². The molecule has 1 N–H and O–H groups in total. The average Bonchev–Trinajstić information content (AvgIpc) is 2.89. The fourth-order valence-electron chi connectivity index (χ4n) is 1.98. The molecule has 0 aliphatic heterocycles. The van der Waals surface area contributed by atoms with E-state index in [9.17, 15) is 0 Å². The summed E-state index contributed by atoms with van der Waals surface area (Å²) < 4.78 is 0. The van der Waals surface area contributed by atoms with Crippen LogP contribution in [0.5, 0.6) is 0 Å². The zero-order chi connectivity index (χ0) is 13.4. The molecule has 0 saturated heterocycles. The Morgan fingerprint density at radius 2 is 1.89 bits per heavy atom. The maximum absolute atomic E-state index is 4.80. The Hall–Kier alpha value is -0.780. The minimum absolute atomic E-state index is 0.176. The SMILES string of the molecule is Cc1nc(C(NC2CC2)c2nc(C(C)C)cs2)cs1. The molecule has 0 spiro atoms. The van der Waals surface area contributed by atoms with Crippen molar-refractivity contribution in [3.63, 3.8) is 0 Å². The van der Waals surface area contributed by atoms with Crippen molar-refractivity contribution in [3.8, 4) is 0 Å². The molecule has 2 aromatic heterocycles. The van der Waals surface area contributed by atoms with Crippen molar-refractivity contribution >= 4 is 22.7 Å². The summed E-state index contributed by atoms with van der Waals surface area (Å²) in [7, 11) is 0. The first kappa shape index (κ1) is 13.2. The summed E-state index contributed by atoms with van der Waals surface area (Å²) in [4.78, 5) is 9.44. The van der Waals surface area contributed by atoms with Gasteiger partial charge in [-0.2, -0.15) is 0 Å². The van der Waals surface area contributed by atoms with Crippen LogP contribution >= 0.6 is 22.7 Å². The third-order valence-corrected chi connectivity index (χ3v) is 5.01. The quantitative estimate of drug-likeness (QED) is 0.909. The Bertz CT molecular complexity index is 555. The summed E-state index contributed by atoms with van der Waals surface area (Å²) in [6, 6.07) is 0.827. The first-order valence-corrected chi connectivity index (χ1v) is 8.53. The summed E-state index contributed by atoms with van der Waals surface area (Å²) in [6.07, 6.45) is 2.56. The smallest absolute Gasteiger partial charge is 0.116 e. The molecule has 1 aliphatic carbocycles. The second-order valence-corrected chi connectivity index (χ2v) is 7.38. The summed E-state index contributed by atoms with van der Waals surface area (Å²) in [5.41, 5.74) is 2.31. The van der Waals surface area contributed by atoms with E-state index in [1.54, 1.807) is 22.7 Å². The third kappa shape index (κ3) is 3.04. The largest absolute Gasteiger partial charge is 0.300 e. The molecule has 1 fully saturated rings. The lowest BCUT2D eigenvalue weighted by Gasteiger charge is -2.13. The van der Waals surface area contributed by atoms with Gasteiger partial charge in [0.05, 0.1) is 16.4 Å². The molecule has 3 nitrogen and oxygen atoms in total. The number of hydrogen-bond donors (Lipinski definition) is 1. The molecule has 3 rings (SSSR count). The lowest BCUT2D eigenvalue weighted by Crippen LogP contribution is -2.24. The molecule has 2 aromatic rings. The zero-order valence-electron chi connectivity index (χ0n) is 11.5. The highest BCUT2D eigenvalue weighted by Gasteiger charge is 2.29. The van der Waals surface area contributed by atoms with Crippen LogP contribution in [0.1, 0.15) is 60.1 Å². The second kappa shape index (κ2) is 5.31. The first-order chi connectivity index (χ1) is 9.13. The Labute approximate surface area is 122 Å². The van der Waals surface area contributed by atoms with E-state index in [0.717, 1.165) is 15.7 Å². The molecule has 0 aromatic carbocycles. The monoisotopic (exact) mass is 293 g/mol. The molecule has 102 valence electrons. The lowest BCUT2D eigenvalue weighted by molar-refractivity contribution is 0.584. The summed E-state index contributed by atoms with van der Waals surface area (Å²) >= 11 is 3.46. The molecule has 0 radical (unpaired) electrons. The fourth-order valence-corrected chi connectivity index (χ4v) is 3.67. The Morgan fingerprint density at radius 1 is 1.16 bits per heavy atom. The average molecular weight is 293 g/mol. The van der Waals surface area contributed by atoms with Gasteiger partial charge in [-0.05, 0) is 25.7 Å². The van der Waals surface area contributed by atoms with Crippen LogP contribution in [0.15, 0.2) is 10.8 Å². The predicted octanol–water partition coefficient (Wildman–Crippen LogP) is 3.87. The van der Waals surface area contributed by atoms with Crippen LogP contribution in [0.25, 0.3) is 0 Å². The minimum atomic E-state index is 0.176. The van der Waals surface area contributed by atoms with Gasteiger partial charge >= 0.3 is 0 Å². The van der Waals surface area contributed by atoms with E-state index >= 15 is 0 Å². The van der Waals surface area contributed by atoms with Crippen molar-refractivity contribution < 1.29 is 0 Å². The van der Waals surface area contributed by atoms with Gasteiger partial charge in [0, 0.05) is 16.8 Å². The third-order valence-electron chi connectivity index (χ3n) is 3.29. The van der Waals surface area contributed by atoms with Gasteiger partial charge in [-0.3, -0.25) is 0 Å². The number of nitrogens with one attached hydrogen (secondary N) is 1. The van der Waals surface area contributed by atoms with Crippen molar-refractivity contribution in [2.75, 3.05) is 0 Å². The second-order valence-electron chi connectivity index (χ2n) is 5.43. The van der Waals surface area contributed by atoms with Crippen molar-refractivity contribution in [2.24, 2.45) is 0 Å². The molecule has 19 heavy (non-hydrogen) atoms. The van der Waals surface area contributed by atoms with E-state index in [1.165, 1.54) is 18.5 Å². The maximum Gasteiger partial charge on any atom is 0.116 e. The minimum Gasteiger partial charge on any atom is -0.300 e. The van der Waals surface area contributed by atoms with E-state index in [1.807, 2.05) is 0 Å². The summed E-state index contributed by atoms with van der Waals surface area (Å²) in [6.45, 7) is 6.44. The highest BCUT2D eigenvalue weighted by Crippen LogP contribution is 2.32. The van der Waals surface area contributed by atoms with Gasteiger partial charge in [0.15, 0.2) is 0 Å². The van der Waals surface area contributed by atoms with Crippen LogP contribution in [0.2, 0.25) is 0 Å². The van der Waals surface area contributed by atoms with Gasteiger partial charge in [-0.1, -0.05) is 13.8 Å². The van der Waals surface area contributed by atoms with Crippen LogP contribution in [0, 0.1) is 6.92 Å². The molecular weight excluding hydrogens is 274 g/mol. The number of rotatable bonds is 5. The van der Waals surface area contributed by atoms with Crippen LogP contribution in [-0.4, -0.2) is 16.0 Å². The van der Waals surface area contributed by atoms with Crippen LogP contribution < -0.4 is 5.32 Å². The molecule has 0 bridgehead atoms. The van der Waals surface area contributed by atoms with E-state index in [0.29, 0.717) is 12.0 Å². The van der Waals surface area contributed by atoms with Crippen LogP contribution in [0.4, 0.5) is 0 Å². The van der Waals surface area contributed by atoms with Gasteiger partial charge in [-0.25, -0.2) is 9.97 Å². The molecule has 2 heterocycles. The highest BCUT2D eigenvalue weighted by molar-refractivity contribution is 7.10. The maximum atomic E-state index is 4.80. The van der Waals surface area contributed by atoms with Crippen molar-refractivity contribution in [1.82, 2.24) is 15.3 Å². The van der Waals surface area contributed by atoms with E-state index in [2.05, 4.69) is 41.8 Å². The van der Waals surface area contributed by atoms with Crippen LogP contribution in [0.3, 0.4) is 0 Å². The molecule has 5 heteroatoms. The van der Waals surface area contributed by atoms with Gasteiger partial charge in [0.2, 0.25) is 0 Å². The van der Waals surface area contributed by atoms with E-state index < -0.39 is 0 Å². The van der Waals surface area contributed by atoms with E-state index in [-0.39, 0.29) is 6.04 Å². The van der Waals surface area contributed by atoms with Gasteiger partial charge in [-0.15, -0.1) is 22.7 Å². The number of thiazole rings is 2. The predicted molar refractivity (Wildman–Crippen MR) is 81.1 cm³/mol. The van der Waals surface area contributed by atoms with Crippen LogP contribution in [-0.2, 0) is 0 Å². The fraction of sp³-hybridized carbons (Fsp3) is 0.571. The number of hydrogen-bond acceptors (Lipinski definition) is 5. The normalized spacial score (nSPS) is 17.1. The van der Waals surface area contributed by atoms with Gasteiger partial charge in [0.1, 0.15) is 11.0 Å². The molecule has 1 saturated carbocycles. The standard InChI is InChI=1S/C14H19N3S2/c1-8(2)11-6-19-14(17-11)13(16-10-4-5-10)12-7-18-9(3)15-12/h6-8,10,13,16H,4-5H2,1-3H3. The number of nitrogens with zero attached hydrogens (tertiary/aromatic N) is 2. The Kier molecular flexibility index (Phi) is 3.69. The zero-order valence-corrected chi connectivity index (χ0v) is 13.1. The number of aryl methyl sites for hydroxylation is 1. The summed E-state index contributed by atoms with van der Waals surface area (Å²) in [5, 5.41) is 10.3. The van der Waals surface area contributed by atoms with E-state index in [4.69, 9.17) is 4.98 Å². The molecular formula is C14H19N3S2. The van der Waals surface area contributed by atoms with Crippen molar-refractivity contribution in [1.29, 1.82) is 0 Å². The first-order valence-electron chi connectivity index (χ1n) is 6.77. The lowest BCUT2D eigenvalue weighted by atomic mass is 10.1. The Morgan fingerprint density at radius 3 is 2.42 bits per heavy atom.